The van der Waals surface area contributed by atoms with Gasteiger partial charge in [-0.1, -0.05) is 38.9 Å². The van der Waals surface area contributed by atoms with Gasteiger partial charge in [0, 0.05) is 19.5 Å². The molecule has 78 valence electrons. The van der Waals surface area contributed by atoms with Crippen molar-refractivity contribution in [3.8, 4) is 0 Å². The zero-order valence-electron chi connectivity index (χ0n) is 8.81. The molecule has 0 unspecified atom stereocenters. The molecule has 0 atom stereocenters. The van der Waals surface area contributed by atoms with Crippen molar-refractivity contribution in [2.45, 2.75) is 39.5 Å². The number of hydrogen-bond acceptors (Lipinski definition) is 1. The molecule has 0 heterocycles. The van der Waals surface area contributed by atoms with Crippen molar-refractivity contribution in [2.75, 3.05) is 0 Å². The van der Waals surface area contributed by atoms with E-state index in [0.717, 1.165) is 12.8 Å². The van der Waals surface area contributed by atoms with Crippen LogP contribution in [0.2, 0.25) is 0 Å². The van der Waals surface area contributed by atoms with Gasteiger partial charge in [0.15, 0.2) is 0 Å². The van der Waals surface area contributed by atoms with Crippen LogP contribution in [0.5, 0.6) is 0 Å². The van der Waals surface area contributed by atoms with Gasteiger partial charge in [0.25, 0.3) is 0 Å². The van der Waals surface area contributed by atoms with E-state index in [1.54, 1.807) is 0 Å². The van der Waals surface area contributed by atoms with E-state index in [9.17, 15) is 0 Å². The summed E-state index contributed by atoms with van der Waals surface area (Å²) in [6, 6.07) is 0. The number of thiocarbonyl (C=S) groups is 1. The first-order valence-corrected chi connectivity index (χ1v) is 4.95. The molecule has 1 nitrogen and oxygen atoms in total. The summed E-state index contributed by atoms with van der Waals surface area (Å²) in [6.45, 7) is 11.4. The first-order chi connectivity index (χ1) is 5.56. The molecule has 13 heavy (non-hydrogen) atoms. The minimum absolute atomic E-state index is 0. The van der Waals surface area contributed by atoms with Gasteiger partial charge in [-0.3, -0.25) is 0 Å². The second-order valence-corrected chi connectivity index (χ2v) is 3.17. The first kappa shape index (κ1) is 23.6. The molecule has 0 aromatic heterocycles. The summed E-state index contributed by atoms with van der Waals surface area (Å²) < 4.78 is -0.0556. The maximum Gasteiger partial charge on any atom is 0 e. The zero-order valence-corrected chi connectivity index (χ0v) is 13.5. The van der Waals surface area contributed by atoms with E-state index < -0.39 is 0 Å². The van der Waals surface area contributed by atoms with Gasteiger partial charge in [-0.25, -0.2) is 0 Å². The maximum absolute atomic E-state index is 6.18. The number of nitrogens with one attached hydrogen (secondary N) is 1. The topological polar surface area (TPSA) is 23.8 Å². The largest absolute Gasteiger partial charge is 0.684 e. The molecule has 0 saturated carbocycles. The third-order valence-electron chi connectivity index (χ3n) is 0.707. The van der Waals surface area contributed by atoms with Crippen LogP contribution in [0, 0.1) is 13.8 Å². The maximum atomic E-state index is 6.18. The molecule has 4 heteroatoms. The van der Waals surface area contributed by atoms with E-state index in [1.165, 1.54) is 12.8 Å². The van der Waals surface area contributed by atoms with Gasteiger partial charge in [0.2, 0.25) is 0 Å². The van der Waals surface area contributed by atoms with Crippen molar-refractivity contribution in [2.24, 2.45) is 0 Å². The average molecular weight is 272 g/mol. The quantitative estimate of drug-likeness (QED) is 0.340. The van der Waals surface area contributed by atoms with E-state index in [1.807, 2.05) is 0 Å². The molecular weight excluding hydrogens is 252 g/mol. The van der Waals surface area contributed by atoms with E-state index in [-0.39, 0.29) is 23.8 Å². The van der Waals surface area contributed by atoms with Crippen LogP contribution in [0.4, 0.5) is 0 Å². The van der Waals surface area contributed by atoms with Gasteiger partial charge < -0.3 is 19.6 Å². The van der Waals surface area contributed by atoms with Gasteiger partial charge in [-0.05, 0) is 4.32 Å². The van der Waals surface area contributed by atoms with Gasteiger partial charge >= 0.3 is 0 Å². The fraction of sp³-hybridized carbons (Fsp3) is 0.667. The van der Waals surface area contributed by atoms with Gasteiger partial charge in [0.1, 0.15) is 0 Å². The summed E-state index contributed by atoms with van der Waals surface area (Å²) in [5.41, 5.74) is 6.18. The van der Waals surface area contributed by atoms with Crippen molar-refractivity contribution < 1.29 is 19.5 Å². The summed E-state index contributed by atoms with van der Waals surface area (Å²) in [5.74, 6) is 0. The van der Waals surface area contributed by atoms with E-state index >= 15 is 0 Å². The molecule has 0 aromatic carbocycles. The van der Waals surface area contributed by atoms with E-state index in [0.29, 0.717) is 0 Å². The third kappa shape index (κ3) is 185. The van der Waals surface area contributed by atoms with Crippen LogP contribution < -0.4 is 0 Å². The van der Waals surface area contributed by atoms with Crippen LogP contribution >= 0.6 is 24.8 Å². The molecule has 0 aromatic rings. The van der Waals surface area contributed by atoms with E-state index in [2.05, 4.69) is 52.5 Å². The fourth-order valence-electron chi connectivity index (χ4n) is 0. The molecule has 0 aliphatic rings. The van der Waals surface area contributed by atoms with Crippen LogP contribution in [0.3, 0.4) is 0 Å². The molecule has 0 spiro atoms. The van der Waals surface area contributed by atoms with Gasteiger partial charge in [-0.2, -0.15) is 25.5 Å². The fourth-order valence-corrected chi connectivity index (χ4v) is 0. The summed E-state index contributed by atoms with van der Waals surface area (Å²) in [6.07, 6.45) is 4.56. The van der Waals surface area contributed by atoms with E-state index in [4.69, 9.17) is 5.73 Å². The minimum atomic E-state index is -0.0556. The van der Waals surface area contributed by atoms with Crippen LogP contribution in [0.1, 0.15) is 39.5 Å². The Hall–Kier alpha value is 0.863. The van der Waals surface area contributed by atoms with Crippen molar-refractivity contribution >= 4 is 29.2 Å². The Morgan fingerprint density at radius 3 is 1.31 bits per heavy atom. The normalized spacial score (nSPS) is 6.54. The number of unbranched alkanes of at least 4 members (excludes halogenated alkanes) is 2. The predicted octanol–water partition coefficient (Wildman–Crippen LogP) is 4.49. The Balaban J connectivity index is -0.0000000450. The number of hydrogen-bond donors (Lipinski definition) is 1. The minimum Gasteiger partial charge on any atom is -0.684 e. The molecule has 0 amide bonds. The summed E-state index contributed by atoms with van der Waals surface area (Å²) in [4.78, 5) is 0. The van der Waals surface area contributed by atoms with Crippen molar-refractivity contribution in [1.82, 2.24) is 0 Å². The van der Waals surface area contributed by atoms with Crippen molar-refractivity contribution in [3.05, 3.63) is 19.6 Å². The molecule has 0 bridgehead atoms. The second-order valence-electron chi connectivity index (χ2n) is 2.01. The Kier molecular flexibility index (Phi) is 53.1. The Labute approximate surface area is 107 Å². The molecule has 0 aliphatic carbocycles. The monoisotopic (exact) mass is 270 g/mol. The van der Waals surface area contributed by atoms with Crippen molar-refractivity contribution in [1.29, 1.82) is 0 Å². The smallest absolute Gasteiger partial charge is 0 e. The second kappa shape index (κ2) is 29.3. The van der Waals surface area contributed by atoms with Crippen LogP contribution in [-0.2, 0) is 19.5 Å². The Bertz CT molecular complexity index is 68.0. The molecule has 0 radical (unpaired) electrons. The molecule has 0 fully saturated rings. The Morgan fingerprint density at radius 1 is 1.23 bits per heavy atom. The summed E-state index contributed by atoms with van der Waals surface area (Å²) in [5, 5.41) is 0. The third-order valence-corrected chi connectivity index (χ3v) is 0.707. The molecule has 0 aliphatic heterocycles. The molecule has 0 rings (SSSR count). The van der Waals surface area contributed by atoms with Crippen LogP contribution in [-0.4, -0.2) is 4.32 Å². The van der Waals surface area contributed by atoms with Gasteiger partial charge in [0.05, 0.1) is 0 Å². The standard InChI is InChI=1S/2C4H9.CH3NS2.Zn/c2*1-3-4-2;2-1(3)4;/h2*1,3-4H2,2H3;(H3,2,3,4);/q2*-1;;/p-1. The number of thiol groups is 1. The molecule has 1 N–H and O–H groups in total. The summed E-state index contributed by atoms with van der Waals surface area (Å²) in [7, 11) is 0. The first-order valence-electron chi connectivity index (χ1n) is 4.09. The predicted molar refractivity (Wildman–Crippen MR) is 66.4 cm³/mol. The molecule has 0 saturated heterocycles. The van der Waals surface area contributed by atoms with Gasteiger partial charge in [-0.15, -0.1) is 0 Å². The molecular formula is C9H20NS2Zn-3. The SMILES string of the molecule is [CH2-]CCC.[CH2-]CCC.[NH-]C(=S)S.[Zn]. The average Bonchev–Trinajstić information content (AvgIpc) is 2.03. The van der Waals surface area contributed by atoms with Crippen LogP contribution in [0.15, 0.2) is 0 Å². The zero-order chi connectivity index (χ0) is 10.4. The van der Waals surface area contributed by atoms with Crippen LogP contribution in [0.25, 0.3) is 5.73 Å². The van der Waals surface area contributed by atoms with Crippen molar-refractivity contribution in [3.63, 3.8) is 0 Å². The Morgan fingerprint density at radius 2 is 1.31 bits per heavy atom. The summed E-state index contributed by atoms with van der Waals surface area (Å²) >= 11 is 7.43. The number of rotatable bonds is 2.